The van der Waals surface area contributed by atoms with Gasteiger partial charge in [0.1, 0.15) is 29.0 Å². The second-order valence-corrected chi connectivity index (χ2v) is 21.9. The van der Waals surface area contributed by atoms with Crippen molar-refractivity contribution in [3.63, 3.8) is 0 Å². The Morgan fingerprint density at radius 3 is 2.45 bits per heavy atom. The molecule has 12 heteroatoms. The van der Waals surface area contributed by atoms with Gasteiger partial charge < -0.3 is 45.6 Å². The molecule has 3 aromatic carbocycles. The molecule has 3 saturated carbocycles. The van der Waals surface area contributed by atoms with Gasteiger partial charge in [0.2, 0.25) is 0 Å². The van der Waals surface area contributed by atoms with Crippen LogP contribution in [-0.2, 0) is 38.4 Å². The van der Waals surface area contributed by atoms with Gasteiger partial charge in [0, 0.05) is 66.6 Å². The number of aliphatic hydroxyl groups excluding tert-OH is 3. The fraction of sp³-hybridized carbons (Fsp3) is 0.542. The van der Waals surface area contributed by atoms with Crippen molar-refractivity contribution in [1.82, 2.24) is 5.32 Å². The molecule has 0 unspecified atom stereocenters. The number of ether oxygens (including phenoxy) is 2. The van der Waals surface area contributed by atoms with Gasteiger partial charge >= 0.3 is 11.9 Å². The highest BCUT2D eigenvalue weighted by Gasteiger charge is 2.62. The number of hydrogen-bond donors (Lipinski definition) is 7. The average Bonchev–Trinajstić information content (AvgIpc) is 3.36. The minimum absolute atomic E-state index is 0.0240. The van der Waals surface area contributed by atoms with Gasteiger partial charge in [-0.05, 0) is 147 Å². The zero-order valence-electron chi connectivity index (χ0n) is 41.1. The van der Waals surface area contributed by atoms with Crippen LogP contribution < -0.4 is 15.4 Å². The average molecular weight is 967 g/mol. The molecule has 7 N–H and O–H groups in total. The van der Waals surface area contributed by atoms with E-state index in [1.54, 1.807) is 20.0 Å². The second-order valence-electron chi connectivity index (χ2n) is 21.9. The topological polar surface area (TPSA) is 195 Å². The van der Waals surface area contributed by atoms with E-state index in [0.29, 0.717) is 64.9 Å². The van der Waals surface area contributed by atoms with E-state index in [1.807, 2.05) is 48.5 Å². The third kappa shape index (κ3) is 9.98. The molecule has 376 valence electrons. The molecule has 12 nitrogen and oxygen atoms in total. The summed E-state index contributed by atoms with van der Waals surface area (Å²) in [5.41, 5.74) is 3.86. The number of phenolic OH excluding ortho intramolecular Hbond substituents is 1. The number of likely N-dealkylation sites (N-methyl/N-ethyl adjacent to an activating group) is 1. The first-order valence-electron chi connectivity index (χ1n) is 26.4. The van der Waals surface area contributed by atoms with Gasteiger partial charge in [-0.3, -0.25) is 9.59 Å². The Morgan fingerprint density at radius 2 is 1.66 bits per heavy atom. The minimum Gasteiger partial charge on any atom is -0.507 e. The zero-order chi connectivity index (χ0) is 49.6. The van der Waals surface area contributed by atoms with Gasteiger partial charge in [0.05, 0.1) is 30.7 Å². The Bertz CT molecular complexity index is 2660. The predicted molar refractivity (Wildman–Crippen MR) is 269 cm³/mol. The second kappa shape index (κ2) is 20.7. The van der Waals surface area contributed by atoms with Crippen LogP contribution >= 0.6 is 0 Å². The van der Waals surface area contributed by atoms with Gasteiger partial charge in [-0.15, -0.1) is 0 Å². The van der Waals surface area contributed by atoms with Crippen molar-refractivity contribution in [3.05, 3.63) is 111 Å². The fourth-order valence-corrected chi connectivity index (χ4v) is 13.8. The van der Waals surface area contributed by atoms with Crippen LogP contribution in [0.2, 0.25) is 0 Å². The lowest BCUT2D eigenvalue weighted by atomic mass is 9.49. The van der Waals surface area contributed by atoms with E-state index in [0.717, 1.165) is 49.7 Å². The van der Waals surface area contributed by atoms with E-state index in [4.69, 9.17) is 9.47 Å². The molecular weight excluding hydrogens is 897 g/mol. The van der Waals surface area contributed by atoms with Crippen molar-refractivity contribution >= 4 is 23.4 Å². The zero-order valence-corrected chi connectivity index (χ0v) is 41.1. The highest BCUT2D eigenvalue weighted by molar-refractivity contribution is 5.89. The summed E-state index contributed by atoms with van der Waals surface area (Å²) < 4.78 is 13.1. The lowest BCUT2D eigenvalue weighted by Gasteiger charge is -2.58. The van der Waals surface area contributed by atoms with Crippen LogP contribution in [0.1, 0.15) is 147 Å². The number of Topliss-reactive ketones (excluding diaryl/α,β-unsaturated/α-hetero) is 1. The number of ketones is 1. The van der Waals surface area contributed by atoms with Crippen molar-refractivity contribution in [2.24, 2.45) is 29.6 Å². The van der Waals surface area contributed by atoms with Crippen LogP contribution in [0.15, 0.2) is 72.3 Å². The lowest BCUT2D eigenvalue weighted by molar-refractivity contribution is -0.221. The Kier molecular flexibility index (Phi) is 14.4. The first-order valence-corrected chi connectivity index (χ1v) is 26.4. The summed E-state index contributed by atoms with van der Waals surface area (Å²) in [4.78, 5) is 43.7. The van der Waals surface area contributed by atoms with E-state index in [-0.39, 0.29) is 91.9 Å². The number of anilines is 1. The molecule has 3 aromatic rings. The molecule has 71 heavy (non-hydrogen) atoms. The number of benzene rings is 3. The first-order chi connectivity index (χ1) is 34.3. The standard InChI is InChI=1S/C59H70N2O10/c1-33(62)31-61-44-24-40(23-41(25-44)52(65)32-60-2)37-15-16-38-30-54(66)71-57-46(38)28-42(56(67)55(57)36-11-4-3-5-12-36)29-53-59(69)49-14-7-6-13-39(49)27-47-48(51(64)18-17-50(47)59)21-35-10-8-9-34(19-35)20-45(63)26-43(22-37)58(68)70-53/h6,8-10,13,19,23-26,28,33,36-39,45,47-50,52-53,60-63,65,67,69H,3-5,7,11-12,14,17-18,20-22,27,29-32H2,1-2H3/b43-26-/t33-,37+,38+,39-,45+,47-,48-,49-,50+,52-,53+,59-/m0/s1. The van der Waals surface area contributed by atoms with Crippen LogP contribution in [0, 0.1) is 41.4 Å². The van der Waals surface area contributed by atoms with Crippen molar-refractivity contribution in [1.29, 1.82) is 0 Å². The molecule has 3 heterocycles. The Balaban J connectivity index is 1.22. The molecular formula is C59H70N2O10. The van der Waals surface area contributed by atoms with Crippen molar-refractivity contribution in [2.45, 2.75) is 151 Å². The van der Waals surface area contributed by atoms with E-state index in [2.05, 4.69) is 34.6 Å². The predicted octanol–water partition coefficient (Wildman–Crippen LogP) is 7.54. The summed E-state index contributed by atoms with van der Waals surface area (Å²) in [7, 11) is 1.75. The SMILES string of the molecule is CNC[C@H](O)c1cc(NC[C@H](C)O)cc([C@@H]2C#C[C@@H]3CC(=O)Oc4c3cc(c(O)c4C3CCCCC3)C[C@H]3OC(=O)/C(=C\[C@H](O)Cc4cccc(c4)C[C@@H]4C(=O)CC[C@@H]5[C@H]4C[C@@H]4C=CCC[C@@H]4[C@]53O)C2)c1. The molecule has 3 fully saturated rings. The molecule has 3 aliphatic heterocycles. The molecule has 0 spiro atoms. The number of hydrogen-bond acceptors (Lipinski definition) is 12. The third-order valence-electron chi connectivity index (χ3n) is 17.1. The summed E-state index contributed by atoms with van der Waals surface area (Å²) in [6, 6.07) is 15.4. The van der Waals surface area contributed by atoms with Gasteiger partial charge in [0.15, 0.2) is 0 Å². The Hall–Kier alpha value is -5.29. The molecule has 0 amide bonds. The normalized spacial score (nSPS) is 32.3. The van der Waals surface area contributed by atoms with E-state index < -0.39 is 59.7 Å². The number of rotatable bonds is 8. The summed E-state index contributed by atoms with van der Waals surface area (Å²) in [6.45, 7) is 2.15. The van der Waals surface area contributed by atoms with Crippen LogP contribution in [0.4, 0.5) is 5.69 Å². The van der Waals surface area contributed by atoms with Gasteiger partial charge in [-0.2, -0.15) is 0 Å². The van der Waals surface area contributed by atoms with Crippen LogP contribution in [0.5, 0.6) is 11.5 Å². The van der Waals surface area contributed by atoms with Crippen molar-refractivity contribution in [2.75, 3.05) is 25.5 Å². The maximum atomic E-state index is 15.6. The maximum absolute atomic E-state index is 15.6. The van der Waals surface area contributed by atoms with Gasteiger partial charge in [-0.1, -0.05) is 73.6 Å². The maximum Gasteiger partial charge on any atom is 0.334 e. The number of nitrogens with one attached hydrogen (secondary N) is 2. The first kappa shape index (κ1) is 49.3. The molecule has 10 rings (SSSR count). The monoisotopic (exact) mass is 967 g/mol. The largest absolute Gasteiger partial charge is 0.507 e. The number of aromatic hydroxyl groups is 1. The molecule has 0 saturated heterocycles. The van der Waals surface area contributed by atoms with E-state index in [1.165, 1.54) is 0 Å². The summed E-state index contributed by atoms with van der Waals surface area (Å²) in [5, 5.41) is 67.1. The van der Waals surface area contributed by atoms with Gasteiger partial charge in [0.25, 0.3) is 0 Å². The lowest BCUT2D eigenvalue weighted by Crippen LogP contribution is -2.65. The molecule has 0 aromatic heterocycles. The summed E-state index contributed by atoms with van der Waals surface area (Å²) in [5.74, 6) is 3.29. The molecule has 10 bridgehead atoms. The molecule has 7 aliphatic rings. The summed E-state index contributed by atoms with van der Waals surface area (Å²) in [6.07, 6.45) is 9.77. The van der Waals surface area contributed by atoms with Gasteiger partial charge in [-0.25, -0.2) is 4.79 Å². The van der Waals surface area contributed by atoms with E-state index >= 15 is 4.79 Å². The van der Waals surface area contributed by atoms with Crippen LogP contribution in [-0.4, -0.2) is 87.3 Å². The number of allylic oxidation sites excluding steroid dienone is 2. The Labute approximate surface area is 417 Å². The minimum atomic E-state index is -1.64. The number of carbonyl (C=O) groups is 3. The molecule has 0 radical (unpaired) electrons. The van der Waals surface area contributed by atoms with E-state index in [9.17, 15) is 35.1 Å². The van der Waals surface area contributed by atoms with Crippen LogP contribution in [0.25, 0.3) is 0 Å². The number of phenols is 1. The molecule has 4 aliphatic carbocycles. The summed E-state index contributed by atoms with van der Waals surface area (Å²) >= 11 is 0. The number of fused-ring (bicyclic) bond motifs is 9. The molecule has 12 atom stereocenters. The number of carbonyl (C=O) groups excluding carboxylic acids is 3. The smallest absolute Gasteiger partial charge is 0.334 e. The van der Waals surface area contributed by atoms with Crippen LogP contribution in [0.3, 0.4) is 0 Å². The highest BCUT2D eigenvalue weighted by Crippen LogP contribution is 2.58. The number of aliphatic hydroxyl groups is 4. The Morgan fingerprint density at radius 1 is 0.873 bits per heavy atom. The quantitative estimate of drug-likeness (QED) is 0.0509. The highest BCUT2D eigenvalue weighted by atomic mass is 16.6. The van der Waals surface area contributed by atoms with Crippen molar-refractivity contribution < 1.29 is 49.4 Å². The third-order valence-corrected chi connectivity index (χ3v) is 17.1. The van der Waals surface area contributed by atoms with Crippen molar-refractivity contribution in [3.8, 4) is 23.3 Å². The fourth-order valence-electron chi connectivity index (χ4n) is 13.8. The number of esters is 2.